The number of hydrogen-bond acceptors (Lipinski definition) is 7. The minimum atomic E-state index is 0.147. The Balaban J connectivity index is 0.000000171. The number of benzene rings is 4. The van der Waals surface area contributed by atoms with Crippen molar-refractivity contribution in [1.29, 1.82) is 0 Å². The van der Waals surface area contributed by atoms with E-state index >= 15 is 0 Å². The zero-order valence-corrected chi connectivity index (χ0v) is 28.6. The van der Waals surface area contributed by atoms with Gasteiger partial charge in [-0.15, -0.1) is 0 Å². The van der Waals surface area contributed by atoms with E-state index in [1.165, 1.54) is 22.1 Å². The average molecular weight is 654 g/mol. The van der Waals surface area contributed by atoms with Gasteiger partial charge in [0.25, 0.3) is 0 Å². The van der Waals surface area contributed by atoms with E-state index < -0.39 is 0 Å². The largest absolute Gasteiger partial charge is 0.457 e. The summed E-state index contributed by atoms with van der Waals surface area (Å²) in [4.78, 5) is 11.5. The fraction of sp³-hybridized carbons (Fsp3) is 0.316. The average Bonchev–Trinajstić information content (AvgIpc) is 3.67. The molecular formula is C38H40B2N4O5. The number of ether oxygens (including phenoxy) is 3. The van der Waals surface area contributed by atoms with Gasteiger partial charge in [-0.2, -0.15) is 0 Å². The maximum Gasteiger partial charge on any atom is 0.324 e. The molecule has 4 aromatic rings. The summed E-state index contributed by atoms with van der Waals surface area (Å²) in [5.41, 5.74) is 8.13. The molecule has 7 rings (SSSR count). The van der Waals surface area contributed by atoms with Crippen molar-refractivity contribution in [3.63, 3.8) is 0 Å². The van der Waals surface area contributed by atoms with E-state index in [2.05, 4.69) is 51.3 Å². The van der Waals surface area contributed by atoms with Gasteiger partial charge in [0.05, 0.1) is 39.6 Å². The van der Waals surface area contributed by atoms with Crippen molar-refractivity contribution < 1.29 is 23.5 Å². The van der Waals surface area contributed by atoms with Crippen LogP contribution in [0, 0.1) is 13.1 Å². The third-order valence-electron chi connectivity index (χ3n) is 8.87. The molecular weight excluding hydrogens is 614 g/mol. The molecule has 0 atom stereocenters. The van der Waals surface area contributed by atoms with Crippen LogP contribution in [0.15, 0.2) is 72.8 Å². The highest BCUT2D eigenvalue weighted by Crippen LogP contribution is 2.32. The Kier molecular flexibility index (Phi) is 11.0. The molecule has 9 nitrogen and oxygen atoms in total. The monoisotopic (exact) mass is 654 g/mol. The van der Waals surface area contributed by atoms with Gasteiger partial charge < -0.3 is 28.4 Å². The molecule has 49 heavy (non-hydrogen) atoms. The van der Waals surface area contributed by atoms with Crippen molar-refractivity contribution in [2.24, 2.45) is 0 Å². The third kappa shape index (κ3) is 8.52. The Labute approximate surface area is 290 Å². The second-order valence-electron chi connectivity index (χ2n) is 12.8. The molecule has 0 spiro atoms. The van der Waals surface area contributed by atoms with E-state index in [0.717, 1.165) is 73.5 Å². The summed E-state index contributed by atoms with van der Waals surface area (Å²) >= 11 is 0. The molecule has 0 saturated carbocycles. The van der Waals surface area contributed by atoms with Gasteiger partial charge in [-0.3, -0.25) is 4.90 Å². The Morgan fingerprint density at radius 1 is 0.714 bits per heavy atom. The summed E-state index contributed by atoms with van der Waals surface area (Å²) in [6, 6.07) is 23.4. The van der Waals surface area contributed by atoms with Crippen molar-refractivity contribution in [2.75, 3.05) is 40.4 Å². The molecule has 0 amide bonds. The van der Waals surface area contributed by atoms with E-state index in [-0.39, 0.29) is 13.8 Å². The second kappa shape index (κ2) is 15.7. The van der Waals surface area contributed by atoms with E-state index in [0.29, 0.717) is 24.6 Å². The first-order chi connectivity index (χ1) is 23.8. The van der Waals surface area contributed by atoms with Crippen molar-refractivity contribution in [3.8, 4) is 23.0 Å². The van der Waals surface area contributed by atoms with Crippen molar-refractivity contribution in [1.82, 2.24) is 9.80 Å². The number of hydrogen-bond donors (Lipinski definition) is 0. The highest BCUT2D eigenvalue weighted by atomic mass is 16.5. The lowest BCUT2D eigenvalue weighted by Gasteiger charge is -2.27. The molecule has 248 valence electrons. The topological polar surface area (TPSA) is 61.4 Å². The van der Waals surface area contributed by atoms with E-state index in [1.807, 2.05) is 62.6 Å². The Hall–Kier alpha value is -4.61. The first-order valence-corrected chi connectivity index (χ1v) is 16.6. The SMILES string of the molecule is [C-]#[N+]c1ccc(Oc2ccc3c(c2)COB3C)c(CN(C)C)c1.[C-]#[N+]c1ccc(Oc2ccc3c(c2)COB3C)c(CN2CCOCC2)c1. The zero-order chi connectivity index (χ0) is 34.3. The zero-order valence-electron chi connectivity index (χ0n) is 28.6. The number of fused-ring (bicyclic) bond motifs is 2. The molecule has 4 aromatic carbocycles. The molecule has 1 saturated heterocycles. The van der Waals surface area contributed by atoms with Crippen LogP contribution in [0.2, 0.25) is 13.6 Å². The first-order valence-electron chi connectivity index (χ1n) is 16.6. The molecule has 0 radical (unpaired) electrons. The molecule has 0 bridgehead atoms. The lowest BCUT2D eigenvalue weighted by atomic mass is 9.64. The summed E-state index contributed by atoms with van der Waals surface area (Å²) in [6.45, 7) is 24.9. The van der Waals surface area contributed by atoms with Crippen LogP contribution in [0.1, 0.15) is 22.3 Å². The standard InChI is InChI=1S/C20H21BN2O3.C18H19BN2O2/c1-21-19-5-4-18(12-16(19)14-25-21)26-20-6-3-17(22-2)11-15(20)13-23-7-9-24-10-8-23;1-19-17-7-6-16(10-14(17)12-22-19)23-18-8-5-15(20-2)9-13(18)11-21(3)4/h3-6,11-12H,7-10,13-14H2,1H3;5-10H,11-12H2,1,3-4H3. The smallest absolute Gasteiger partial charge is 0.324 e. The normalized spacial score (nSPS) is 15.2. The molecule has 3 heterocycles. The molecule has 0 aliphatic carbocycles. The van der Waals surface area contributed by atoms with Crippen LogP contribution in [-0.2, 0) is 40.3 Å². The highest BCUT2D eigenvalue weighted by Gasteiger charge is 2.25. The Morgan fingerprint density at radius 3 is 1.73 bits per heavy atom. The lowest BCUT2D eigenvalue weighted by molar-refractivity contribution is 0.0339. The summed E-state index contributed by atoms with van der Waals surface area (Å²) in [5, 5.41) is 0. The van der Waals surface area contributed by atoms with Gasteiger partial charge in [-0.1, -0.05) is 37.9 Å². The van der Waals surface area contributed by atoms with Crippen LogP contribution in [0.3, 0.4) is 0 Å². The molecule has 0 N–H and O–H groups in total. The minimum Gasteiger partial charge on any atom is -0.457 e. The van der Waals surface area contributed by atoms with Crippen LogP contribution in [-0.4, -0.2) is 64.0 Å². The van der Waals surface area contributed by atoms with Crippen LogP contribution >= 0.6 is 0 Å². The van der Waals surface area contributed by atoms with Crippen LogP contribution in [0.5, 0.6) is 23.0 Å². The maximum absolute atomic E-state index is 7.29. The van der Waals surface area contributed by atoms with Crippen LogP contribution in [0.25, 0.3) is 9.69 Å². The van der Waals surface area contributed by atoms with Crippen LogP contribution in [0.4, 0.5) is 11.4 Å². The van der Waals surface area contributed by atoms with Crippen LogP contribution < -0.4 is 20.4 Å². The second-order valence-corrected chi connectivity index (χ2v) is 12.8. The molecule has 11 heteroatoms. The maximum atomic E-state index is 7.29. The van der Waals surface area contributed by atoms with E-state index in [4.69, 9.17) is 36.7 Å². The van der Waals surface area contributed by atoms with Gasteiger partial charge in [-0.05, 0) is 95.8 Å². The summed E-state index contributed by atoms with van der Waals surface area (Å²) < 4.78 is 29.0. The fourth-order valence-electron chi connectivity index (χ4n) is 6.26. The predicted molar refractivity (Wildman–Crippen MR) is 194 cm³/mol. The summed E-state index contributed by atoms with van der Waals surface area (Å²) in [7, 11) is 4.00. The van der Waals surface area contributed by atoms with Gasteiger partial charge in [0.1, 0.15) is 23.0 Å². The van der Waals surface area contributed by atoms with Gasteiger partial charge in [0, 0.05) is 26.2 Å². The molecule has 3 aliphatic heterocycles. The highest BCUT2D eigenvalue weighted by molar-refractivity contribution is 6.67. The van der Waals surface area contributed by atoms with Gasteiger partial charge in [-0.25, -0.2) is 9.69 Å². The van der Waals surface area contributed by atoms with Gasteiger partial charge in [0.15, 0.2) is 11.4 Å². The predicted octanol–water partition coefficient (Wildman–Crippen LogP) is 6.67. The fourth-order valence-corrected chi connectivity index (χ4v) is 6.26. The Bertz CT molecular complexity index is 1880. The quantitative estimate of drug-likeness (QED) is 0.156. The molecule has 0 unspecified atom stereocenters. The summed E-state index contributed by atoms with van der Waals surface area (Å²) in [6.07, 6.45) is 0. The van der Waals surface area contributed by atoms with E-state index in [9.17, 15) is 0 Å². The molecule has 1 fully saturated rings. The van der Waals surface area contributed by atoms with Crippen molar-refractivity contribution >= 4 is 36.1 Å². The number of nitrogens with zero attached hydrogens (tertiary/aromatic N) is 4. The summed E-state index contributed by atoms with van der Waals surface area (Å²) in [5.74, 6) is 3.20. The van der Waals surface area contributed by atoms with E-state index in [1.54, 1.807) is 6.07 Å². The molecule has 0 aromatic heterocycles. The first kappa shape index (κ1) is 34.3. The van der Waals surface area contributed by atoms with Gasteiger partial charge >= 0.3 is 13.8 Å². The number of morpholine rings is 1. The van der Waals surface area contributed by atoms with Crippen molar-refractivity contribution in [3.05, 3.63) is 118 Å². The molecule has 3 aliphatic rings. The van der Waals surface area contributed by atoms with Gasteiger partial charge in [0.2, 0.25) is 0 Å². The third-order valence-corrected chi connectivity index (χ3v) is 8.87. The minimum absolute atomic E-state index is 0.147. The Morgan fingerprint density at radius 2 is 1.22 bits per heavy atom. The number of rotatable bonds is 8. The lowest BCUT2D eigenvalue weighted by Crippen LogP contribution is -2.35. The van der Waals surface area contributed by atoms with Crippen molar-refractivity contribution in [2.45, 2.75) is 39.9 Å².